The summed E-state index contributed by atoms with van der Waals surface area (Å²) in [6.07, 6.45) is 7.17. The monoisotopic (exact) mass is 392 g/mol. The van der Waals surface area contributed by atoms with Crippen LogP contribution in [0.25, 0.3) is 0 Å². The molecule has 0 radical (unpaired) electrons. The zero-order valence-electron chi connectivity index (χ0n) is 15.7. The van der Waals surface area contributed by atoms with E-state index in [2.05, 4.69) is 15.3 Å². The predicted molar refractivity (Wildman–Crippen MR) is 105 cm³/mol. The number of aromatic nitrogens is 2. The van der Waals surface area contributed by atoms with Crippen molar-refractivity contribution in [2.24, 2.45) is 5.92 Å². The van der Waals surface area contributed by atoms with E-state index in [1.165, 1.54) is 12.6 Å². The Kier molecular flexibility index (Phi) is 5.51. The van der Waals surface area contributed by atoms with Gasteiger partial charge in [-0.05, 0) is 49.2 Å². The van der Waals surface area contributed by atoms with Gasteiger partial charge < -0.3 is 19.4 Å². The first-order valence-electron chi connectivity index (χ1n) is 9.35. The fourth-order valence-corrected chi connectivity index (χ4v) is 3.22. The number of hydrogen-bond donors (Lipinski definition) is 1. The number of carbonyl (C=O) groups is 2. The number of ether oxygens (including phenoxy) is 1. The molecular weight excluding hydrogens is 372 g/mol. The summed E-state index contributed by atoms with van der Waals surface area (Å²) in [4.78, 5) is 34.3. The summed E-state index contributed by atoms with van der Waals surface area (Å²) >= 11 is 0. The lowest BCUT2D eigenvalue weighted by molar-refractivity contribution is -0.121. The second-order valence-electron chi connectivity index (χ2n) is 6.74. The Labute approximate surface area is 167 Å². The fourth-order valence-electron chi connectivity index (χ4n) is 3.22. The number of anilines is 1. The maximum absolute atomic E-state index is 12.6. The summed E-state index contributed by atoms with van der Waals surface area (Å²) in [7, 11) is 0. The van der Waals surface area contributed by atoms with Gasteiger partial charge in [-0.3, -0.25) is 14.6 Å². The Morgan fingerprint density at radius 1 is 1.03 bits per heavy atom. The van der Waals surface area contributed by atoms with Crippen LogP contribution in [0.4, 0.5) is 5.69 Å². The molecule has 8 nitrogen and oxygen atoms in total. The highest BCUT2D eigenvalue weighted by molar-refractivity contribution is 5.93. The summed E-state index contributed by atoms with van der Waals surface area (Å²) in [5, 5.41) is 2.94. The molecule has 1 aliphatic heterocycles. The average molecular weight is 392 g/mol. The number of hydrogen-bond acceptors (Lipinski definition) is 6. The molecule has 0 unspecified atom stereocenters. The number of amides is 2. The zero-order valence-corrected chi connectivity index (χ0v) is 15.7. The first-order chi connectivity index (χ1) is 14.2. The molecule has 2 amide bonds. The number of pyridine rings is 1. The number of oxazole rings is 1. The van der Waals surface area contributed by atoms with Gasteiger partial charge in [-0.15, -0.1) is 0 Å². The van der Waals surface area contributed by atoms with Crippen LogP contribution >= 0.6 is 0 Å². The first kappa shape index (κ1) is 18.7. The summed E-state index contributed by atoms with van der Waals surface area (Å²) in [5.74, 6) is 1.16. The van der Waals surface area contributed by atoms with Crippen molar-refractivity contribution in [3.05, 3.63) is 67.1 Å². The molecule has 4 rings (SSSR count). The van der Waals surface area contributed by atoms with Crippen LogP contribution in [-0.4, -0.2) is 39.8 Å². The molecule has 8 heteroatoms. The fraction of sp³-hybridized carbons (Fsp3) is 0.238. The van der Waals surface area contributed by atoms with Gasteiger partial charge in [-0.2, -0.15) is 0 Å². The van der Waals surface area contributed by atoms with Crippen molar-refractivity contribution < 1.29 is 18.7 Å². The third-order valence-electron chi connectivity index (χ3n) is 4.79. The van der Waals surface area contributed by atoms with E-state index >= 15 is 0 Å². The largest absolute Gasteiger partial charge is 0.456 e. The molecule has 1 aromatic carbocycles. The van der Waals surface area contributed by atoms with Crippen molar-refractivity contribution in [1.29, 1.82) is 0 Å². The molecule has 0 saturated carbocycles. The molecule has 1 fully saturated rings. The Hall–Kier alpha value is -3.68. The van der Waals surface area contributed by atoms with Gasteiger partial charge in [0, 0.05) is 30.9 Å². The van der Waals surface area contributed by atoms with E-state index in [1.54, 1.807) is 47.6 Å². The van der Waals surface area contributed by atoms with Crippen LogP contribution in [-0.2, 0) is 4.79 Å². The molecule has 1 aliphatic rings. The highest BCUT2D eigenvalue weighted by Gasteiger charge is 2.29. The molecule has 0 aliphatic carbocycles. The quantitative estimate of drug-likeness (QED) is 0.715. The molecule has 0 spiro atoms. The lowest BCUT2D eigenvalue weighted by Crippen LogP contribution is -2.41. The van der Waals surface area contributed by atoms with Crippen LogP contribution in [0.1, 0.15) is 23.4 Å². The molecule has 0 bridgehead atoms. The molecule has 1 saturated heterocycles. The minimum absolute atomic E-state index is 0.0438. The molecular formula is C21H20N4O4. The smallest absolute Gasteiger partial charge is 0.291 e. The van der Waals surface area contributed by atoms with Crippen molar-refractivity contribution in [3.8, 4) is 11.5 Å². The van der Waals surface area contributed by atoms with Gasteiger partial charge in [0.2, 0.25) is 11.7 Å². The van der Waals surface area contributed by atoms with Crippen molar-refractivity contribution >= 4 is 17.5 Å². The Morgan fingerprint density at radius 2 is 1.83 bits per heavy atom. The van der Waals surface area contributed by atoms with E-state index in [4.69, 9.17) is 9.15 Å². The third kappa shape index (κ3) is 4.60. The van der Waals surface area contributed by atoms with Crippen molar-refractivity contribution in [1.82, 2.24) is 14.9 Å². The predicted octanol–water partition coefficient (Wildman–Crippen LogP) is 3.35. The van der Waals surface area contributed by atoms with Crippen molar-refractivity contribution in [2.45, 2.75) is 12.8 Å². The van der Waals surface area contributed by atoms with Crippen LogP contribution in [0.2, 0.25) is 0 Å². The summed E-state index contributed by atoms with van der Waals surface area (Å²) in [5.41, 5.74) is 0.703. The van der Waals surface area contributed by atoms with Crippen LogP contribution in [0.3, 0.4) is 0 Å². The lowest BCUT2D eigenvalue weighted by Gasteiger charge is -2.30. The Balaban J connectivity index is 1.28. The highest BCUT2D eigenvalue weighted by Crippen LogP contribution is 2.24. The lowest BCUT2D eigenvalue weighted by atomic mass is 9.95. The van der Waals surface area contributed by atoms with E-state index < -0.39 is 0 Å². The first-order valence-corrected chi connectivity index (χ1v) is 9.35. The normalized spacial score (nSPS) is 14.4. The van der Waals surface area contributed by atoms with Gasteiger partial charge in [0.15, 0.2) is 6.39 Å². The van der Waals surface area contributed by atoms with Crippen molar-refractivity contribution in [2.75, 3.05) is 18.4 Å². The van der Waals surface area contributed by atoms with E-state index in [-0.39, 0.29) is 23.5 Å². The zero-order chi connectivity index (χ0) is 20.1. The van der Waals surface area contributed by atoms with Gasteiger partial charge in [-0.1, -0.05) is 0 Å². The molecule has 29 heavy (non-hydrogen) atoms. The third-order valence-corrected chi connectivity index (χ3v) is 4.79. The minimum atomic E-state index is -0.189. The second-order valence-corrected chi connectivity index (χ2v) is 6.74. The van der Waals surface area contributed by atoms with Gasteiger partial charge in [0.25, 0.3) is 5.91 Å². The Bertz CT molecular complexity index is 950. The number of carbonyl (C=O) groups excluding carboxylic acids is 2. The van der Waals surface area contributed by atoms with E-state index in [1.807, 2.05) is 6.07 Å². The standard InChI is InChI=1S/C21H20N4O4/c26-20(15-7-10-25(11-8-15)21(27)19-13-23-14-28-19)24-16-3-5-17(6-4-16)29-18-2-1-9-22-12-18/h1-6,9,12-15H,7-8,10-11H2,(H,24,26). The second kappa shape index (κ2) is 8.55. The molecule has 2 aromatic heterocycles. The number of benzene rings is 1. The number of nitrogens with zero attached hydrogens (tertiary/aromatic N) is 3. The topological polar surface area (TPSA) is 97.6 Å². The average Bonchev–Trinajstić information content (AvgIpc) is 3.30. The SMILES string of the molecule is O=C(Nc1ccc(Oc2cccnc2)cc1)C1CCN(C(=O)c2cnco2)CC1. The number of likely N-dealkylation sites (tertiary alicyclic amines) is 1. The van der Waals surface area contributed by atoms with Crippen LogP contribution < -0.4 is 10.1 Å². The molecule has 0 atom stereocenters. The van der Waals surface area contributed by atoms with Crippen LogP contribution in [0, 0.1) is 5.92 Å². The summed E-state index contributed by atoms with van der Waals surface area (Å²) in [6, 6.07) is 10.8. The molecule has 148 valence electrons. The maximum Gasteiger partial charge on any atom is 0.291 e. The van der Waals surface area contributed by atoms with Crippen molar-refractivity contribution in [3.63, 3.8) is 0 Å². The van der Waals surface area contributed by atoms with Gasteiger partial charge in [0.05, 0.1) is 12.4 Å². The number of rotatable bonds is 5. The van der Waals surface area contributed by atoms with Gasteiger partial charge in [0.1, 0.15) is 11.5 Å². The van der Waals surface area contributed by atoms with E-state index in [0.717, 1.165) is 0 Å². The van der Waals surface area contributed by atoms with Crippen LogP contribution in [0.5, 0.6) is 11.5 Å². The highest BCUT2D eigenvalue weighted by atomic mass is 16.5. The molecule has 1 N–H and O–H groups in total. The molecule has 3 aromatic rings. The summed E-state index contributed by atoms with van der Waals surface area (Å²) in [6.45, 7) is 1.02. The van der Waals surface area contributed by atoms with Gasteiger partial charge in [-0.25, -0.2) is 4.98 Å². The number of piperidine rings is 1. The minimum Gasteiger partial charge on any atom is -0.456 e. The van der Waals surface area contributed by atoms with Gasteiger partial charge >= 0.3 is 0 Å². The van der Waals surface area contributed by atoms with E-state index in [0.29, 0.717) is 43.1 Å². The molecule has 3 heterocycles. The number of nitrogens with one attached hydrogen (secondary N) is 1. The van der Waals surface area contributed by atoms with E-state index in [9.17, 15) is 9.59 Å². The van der Waals surface area contributed by atoms with Crippen LogP contribution in [0.15, 0.2) is 65.8 Å². The summed E-state index contributed by atoms with van der Waals surface area (Å²) < 4.78 is 10.7. The Morgan fingerprint density at radius 3 is 2.48 bits per heavy atom. The maximum atomic E-state index is 12.6.